The van der Waals surface area contributed by atoms with Crippen molar-refractivity contribution in [3.63, 3.8) is 0 Å². The number of carbonyl (C=O) groups excluding carboxylic acids is 1. The van der Waals surface area contributed by atoms with E-state index >= 15 is 0 Å². The van der Waals surface area contributed by atoms with Crippen LogP contribution in [0.2, 0.25) is 0 Å². The summed E-state index contributed by atoms with van der Waals surface area (Å²) in [5.74, 6) is -0.174. The Morgan fingerprint density at radius 2 is 1.85 bits per heavy atom. The van der Waals surface area contributed by atoms with E-state index in [1.807, 2.05) is 66.7 Å². The summed E-state index contributed by atoms with van der Waals surface area (Å²) in [5, 5.41) is 3.77. The smallest absolute Gasteiger partial charge is 0.256 e. The van der Waals surface area contributed by atoms with E-state index in [0.717, 1.165) is 27.9 Å². The number of nitrogens with one attached hydrogen (secondary N) is 1. The van der Waals surface area contributed by atoms with Crippen LogP contribution in [0.5, 0.6) is 0 Å². The molecule has 4 rings (SSSR count). The fourth-order valence-corrected chi connectivity index (χ4v) is 3.13. The van der Waals surface area contributed by atoms with Crippen LogP contribution in [0.25, 0.3) is 22.2 Å². The predicted molar refractivity (Wildman–Crippen MR) is 104 cm³/mol. The molecule has 0 unspecified atom stereocenters. The number of carbonyl (C=O) groups is 1. The summed E-state index contributed by atoms with van der Waals surface area (Å²) in [6, 6.07) is 19.3. The number of hydrogen-bond donors (Lipinski definition) is 1. The van der Waals surface area contributed by atoms with Gasteiger partial charge in [-0.1, -0.05) is 48.5 Å². The van der Waals surface area contributed by atoms with E-state index < -0.39 is 0 Å². The summed E-state index contributed by atoms with van der Waals surface area (Å²) >= 11 is 5.99. The highest BCUT2D eigenvalue weighted by molar-refractivity contribution is 6.14. The number of nitrogens with zero attached hydrogens (tertiary/aromatic N) is 2. The maximum atomic E-state index is 13.0. The molecular formula is C21H16ClN3O. The van der Waals surface area contributed by atoms with Crippen LogP contribution >= 0.6 is 11.8 Å². The molecule has 2 aromatic carbocycles. The molecule has 1 aromatic heterocycles. The number of halogens is 1. The molecule has 0 radical (unpaired) electrons. The molecule has 1 aliphatic heterocycles. The summed E-state index contributed by atoms with van der Waals surface area (Å²) in [5.41, 5.74) is 3.86. The molecule has 26 heavy (non-hydrogen) atoms. The number of hydrogen-bond acceptors (Lipinski definition) is 3. The number of rotatable bonds is 3. The fourth-order valence-electron chi connectivity index (χ4n) is 2.94. The van der Waals surface area contributed by atoms with E-state index in [9.17, 15) is 4.79 Å². The Morgan fingerprint density at radius 3 is 2.65 bits per heavy atom. The molecule has 0 fully saturated rings. The number of allylic oxidation sites excluding steroid dienone is 2. The zero-order valence-corrected chi connectivity index (χ0v) is 14.6. The average molecular weight is 362 g/mol. The van der Waals surface area contributed by atoms with Crippen LogP contribution in [0.4, 0.5) is 0 Å². The summed E-state index contributed by atoms with van der Waals surface area (Å²) in [6.07, 6.45) is 5.39. The Kier molecular flexibility index (Phi) is 4.42. The van der Waals surface area contributed by atoms with E-state index in [2.05, 4.69) is 5.32 Å². The molecule has 0 spiro atoms. The van der Waals surface area contributed by atoms with Crippen molar-refractivity contribution in [2.45, 2.75) is 0 Å². The van der Waals surface area contributed by atoms with Gasteiger partial charge in [0.05, 0.1) is 23.3 Å². The molecule has 0 bridgehead atoms. The van der Waals surface area contributed by atoms with Gasteiger partial charge in [0.15, 0.2) is 0 Å². The molecule has 0 saturated carbocycles. The standard InChI is InChI=1S/C21H16ClN3O/c22-25-12-6-9-16(14-25)23-21(26)18-13-20(15-7-2-1-3-8-15)24-19-11-5-4-10-17(18)19/h1-13H,14H2,(H,23,26). The molecule has 128 valence electrons. The molecule has 1 aliphatic rings. The van der Waals surface area contributed by atoms with Crippen molar-refractivity contribution in [2.24, 2.45) is 0 Å². The number of amides is 1. The summed E-state index contributed by atoms with van der Waals surface area (Å²) in [7, 11) is 0. The number of para-hydroxylation sites is 1. The van der Waals surface area contributed by atoms with Gasteiger partial charge in [-0.2, -0.15) is 0 Å². The number of aromatic nitrogens is 1. The molecule has 3 aromatic rings. The molecule has 0 atom stereocenters. The third-order valence-corrected chi connectivity index (χ3v) is 4.40. The quantitative estimate of drug-likeness (QED) is 0.699. The van der Waals surface area contributed by atoms with E-state index in [1.165, 1.54) is 4.42 Å². The van der Waals surface area contributed by atoms with Gasteiger partial charge >= 0.3 is 0 Å². The second kappa shape index (κ2) is 7.02. The highest BCUT2D eigenvalue weighted by Gasteiger charge is 2.16. The second-order valence-corrected chi connectivity index (χ2v) is 6.42. The molecule has 0 saturated heterocycles. The Balaban J connectivity index is 1.77. The first-order chi connectivity index (χ1) is 12.7. The van der Waals surface area contributed by atoms with Crippen molar-refractivity contribution in [2.75, 3.05) is 6.54 Å². The zero-order chi connectivity index (χ0) is 17.9. The Hall–Kier alpha value is -3.11. The van der Waals surface area contributed by atoms with Gasteiger partial charge in [-0.3, -0.25) is 9.21 Å². The van der Waals surface area contributed by atoms with Crippen LogP contribution in [0.3, 0.4) is 0 Å². The van der Waals surface area contributed by atoms with Crippen molar-refractivity contribution < 1.29 is 4.79 Å². The van der Waals surface area contributed by atoms with Crippen LogP contribution < -0.4 is 5.32 Å². The van der Waals surface area contributed by atoms with Crippen LogP contribution in [0.1, 0.15) is 10.4 Å². The van der Waals surface area contributed by atoms with Crippen molar-refractivity contribution >= 4 is 28.6 Å². The molecule has 4 nitrogen and oxygen atoms in total. The lowest BCUT2D eigenvalue weighted by molar-refractivity contribution is 0.0966. The first kappa shape index (κ1) is 16.4. The lowest BCUT2D eigenvalue weighted by Crippen LogP contribution is -2.29. The van der Waals surface area contributed by atoms with Gasteiger partial charge in [0.2, 0.25) is 0 Å². The van der Waals surface area contributed by atoms with Crippen molar-refractivity contribution in [3.05, 3.63) is 90.3 Å². The van der Waals surface area contributed by atoms with Crippen LogP contribution in [0.15, 0.2) is 84.7 Å². The van der Waals surface area contributed by atoms with E-state index in [1.54, 1.807) is 12.3 Å². The molecule has 0 aliphatic carbocycles. The second-order valence-electron chi connectivity index (χ2n) is 5.98. The number of fused-ring (bicyclic) bond motifs is 1. The molecule has 2 heterocycles. The van der Waals surface area contributed by atoms with Crippen LogP contribution in [0, 0.1) is 0 Å². The lowest BCUT2D eigenvalue weighted by Gasteiger charge is -2.18. The zero-order valence-electron chi connectivity index (χ0n) is 13.9. The van der Waals surface area contributed by atoms with Gasteiger partial charge in [-0.25, -0.2) is 4.98 Å². The normalized spacial score (nSPS) is 13.6. The van der Waals surface area contributed by atoms with E-state index in [0.29, 0.717) is 12.1 Å². The maximum absolute atomic E-state index is 13.0. The van der Waals surface area contributed by atoms with Gasteiger partial charge in [0.25, 0.3) is 5.91 Å². The van der Waals surface area contributed by atoms with Crippen LogP contribution in [-0.2, 0) is 0 Å². The third kappa shape index (κ3) is 3.32. The van der Waals surface area contributed by atoms with Gasteiger partial charge in [0, 0.05) is 34.6 Å². The van der Waals surface area contributed by atoms with E-state index in [4.69, 9.17) is 16.8 Å². The van der Waals surface area contributed by atoms with Gasteiger partial charge in [-0.05, 0) is 24.3 Å². The lowest BCUT2D eigenvalue weighted by atomic mass is 10.0. The Labute approximate surface area is 156 Å². The summed E-state index contributed by atoms with van der Waals surface area (Å²) < 4.78 is 1.50. The topological polar surface area (TPSA) is 45.2 Å². The maximum Gasteiger partial charge on any atom is 0.256 e. The minimum absolute atomic E-state index is 0.174. The van der Waals surface area contributed by atoms with Crippen molar-refractivity contribution in [3.8, 4) is 11.3 Å². The molecule has 5 heteroatoms. The first-order valence-corrected chi connectivity index (χ1v) is 8.61. The molecule has 1 N–H and O–H groups in total. The Bertz CT molecular complexity index is 1030. The summed E-state index contributed by atoms with van der Waals surface area (Å²) in [6.45, 7) is 0.443. The number of benzene rings is 2. The monoisotopic (exact) mass is 361 g/mol. The molecule has 1 amide bonds. The van der Waals surface area contributed by atoms with Gasteiger partial charge in [-0.15, -0.1) is 0 Å². The highest BCUT2D eigenvalue weighted by atomic mass is 35.5. The first-order valence-electron chi connectivity index (χ1n) is 8.27. The largest absolute Gasteiger partial charge is 0.324 e. The van der Waals surface area contributed by atoms with Crippen LogP contribution in [-0.4, -0.2) is 21.9 Å². The van der Waals surface area contributed by atoms with Crippen molar-refractivity contribution in [1.29, 1.82) is 0 Å². The van der Waals surface area contributed by atoms with Gasteiger partial charge in [0.1, 0.15) is 0 Å². The average Bonchev–Trinajstić information content (AvgIpc) is 2.68. The highest BCUT2D eigenvalue weighted by Crippen LogP contribution is 2.25. The van der Waals surface area contributed by atoms with E-state index in [-0.39, 0.29) is 5.91 Å². The minimum Gasteiger partial charge on any atom is -0.324 e. The van der Waals surface area contributed by atoms with Gasteiger partial charge < -0.3 is 5.32 Å². The SMILES string of the molecule is O=C(NC1=CC=CN(Cl)C1)c1cc(-c2ccccc2)nc2ccccc12. The summed E-state index contributed by atoms with van der Waals surface area (Å²) in [4.78, 5) is 17.7. The minimum atomic E-state index is -0.174. The van der Waals surface area contributed by atoms with Crippen molar-refractivity contribution in [1.82, 2.24) is 14.7 Å². The Morgan fingerprint density at radius 1 is 1.08 bits per heavy atom. The predicted octanol–water partition coefficient (Wildman–Crippen LogP) is 4.50. The molecular weight excluding hydrogens is 346 g/mol. The number of pyridine rings is 1. The fraction of sp³-hybridized carbons (Fsp3) is 0.0476. The third-order valence-electron chi connectivity index (χ3n) is 4.17.